The molecule has 0 aliphatic carbocycles. The summed E-state index contributed by atoms with van der Waals surface area (Å²) >= 11 is 30.4. The van der Waals surface area contributed by atoms with Crippen LogP contribution >= 0.6 is 58.0 Å². The van der Waals surface area contributed by atoms with Crippen LogP contribution in [-0.4, -0.2) is 0 Å². The van der Waals surface area contributed by atoms with E-state index in [1.54, 1.807) is 42.5 Å². The zero-order valence-electron chi connectivity index (χ0n) is 13.4. The van der Waals surface area contributed by atoms with Gasteiger partial charge in [0.1, 0.15) is 33.0 Å². The molecule has 3 rings (SSSR count). The number of ether oxygens (including phenoxy) is 2. The first-order valence-corrected chi connectivity index (χ1v) is 9.29. The fraction of sp³-hybridized carbons (Fsp3) is 0. The highest BCUT2D eigenvalue weighted by atomic mass is 35.5. The van der Waals surface area contributed by atoms with Crippen molar-refractivity contribution in [1.29, 1.82) is 0 Å². The van der Waals surface area contributed by atoms with Crippen molar-refractivity contribution in [2.45, 2.75) is 0 Å². The number of hydrogen-bond donors (Lipinski definition) is 2. The van der Waals surface area contributed by atoms with Crippen molar-refractivity contribution in [2.75, 3.05) is 11.5 Å². The molecular formula is C18H11Cl5N2O2. The van der Waals surface area contributed by atoms with Crippen LogP contribution in [0, 0.1) is 0 Å². The Labute approximate surface area is 180 Å². The predicted octanol–water partition coefficient (Wildman–Crippen LogP) is 7.70. The minimum atomic E-state index is 0.179. The predicted molar refractivity (Wildman–Crippen MR) is 113 cm³/mol. The Balaban J connectivity index is 1.91. The third kappa shape index (κ3) is 4.26. The van der Waals surface area contributed by atoms with Gasteiger partial charge in [-0.1, -0.05) is 58.0 Å². The molecule has 0 unspecified atom stereocenters. The smallest absolute Gasteiger partial charge is 0.149 e. The molecule has 0 aliphatic heterocycles. The highest BCUT2D eigenvalue weighted by Gasteiger charge is 2.14. The number of nitrogens with two attached hydrogens (primary N) is 2. The maximum Gasteiger partial charge on any atom is 0.149 e. The maximum absolute atomic E-state index is 6.21. The zero-order chi connectivity index (χ0) is 19.7. The van der Waals surface area contributed by atoms with Crippen molar-refractivity contribution in [2.24, 2.45) is 0 Å². The minimum Gasteiger partial charge on any atom is -0.456 e. The molecule has 0 amide bonds. The van der Waals surface area contributed by atoms with E-state index in [4.69, 9.17) is 78.9 Å². The molecule has 3 aromatic carbocycles. The Morgan fingerprint density at radius 2 is 1.04 bits per heavy atom. The Morgan fingerprint density at radius 3 is 1.59 bits per heavy atom. The van der Waals surface area contributed by atoms with Gasteiger partial charge in [0.15, 0.2) is 0 Å². The molecule has 0 radical (unpaired) electrons. The second-order valence-electron chi connectivity index (χ2n) is 5.34. The topological polar surface area (TPSA) is 70.5 Å². The molecule has 0 atom stereocenters. The molecule has 0 heterocycles. The van der Waals surface area contributed by atoms with E-state index in [0.29, 0.717) is 38.1 Å². The number of nitrogen functional groups attached to an aromatic ring is 2. The van der Waals surface area contributed by atoms with Crippen molar-refractivity contribution >= 4 is 69.4 Å². The summed E-state index contributed by atoms with van der Waals surface area (Å²) in [5.41, 5.74) is 12.1. The summed E-state index contributed by atoms with van der Waals surface area (Å²) < 4.78 is 11.5. The molecule has 4 nitrogen and oxygen atoms in total. The summed E-state index contributed by atoms with van der Waals surface area (Å²) in [5.74, 6) is 1.35. The second kappa shape index (κ2) is 8.13. The quantitative estimate of drug-likeness (QED) is 0.388. The van der Waals surface area contributed by atoms with Crippen LogP contribution in [0.15, 0.2) is 42.5 Å². The molecule has 0 aliphatic rings. The van der Waals surface area contributed by atoms with Crippen LogP contribution in [0.25, 0.3) is 0 Å². The largest absolute Gasteiger partial charge is 0.456 e. The Morgan fingerprint density at radius 1 is 0.556 bits per heavy atom. The molecule has 0 saturated carbocycles. The number of halogens is 5. The Hall–Kier alpha value is -1.69. The Kier molecular flexibility index (Phi) is 6.04. The van der Waals surface area contributed by atoms with Gasteiger partial charge < -0.3 is 20.9 Å². The molecule has 0 bridgehead atoms. The van der Waals surface area contributed by atoms with Gasteiger partial charge in [-0.05, 0) is 36.4 Å². The normalized spacial score (nSPS) is 10.7. The number of anilines is 2. The van der Waals surface area contributed by atoms with Gasteiger partial charge in [-0.15, -0.1) is 0 Å². The molecule has 27 heavy (non-hydrogen) atoms. The van der Waals surface area contributed by atoms with Gasteiger partial charge in [0.2, 0.25) is 0 Å². The van der Waals surface area contributed by atoms with Crippen LogP contribution in [0.4, 0.5) is 11.4 Å². The molecular weight excluding hydrogens is 453 g/mol. The summed E-state index contributed by atoms with van der Waals surface area (Å²) in [6, 6.07) is 11.2. The fourth-order valence-corrected chi connectivity index (χ4v) is 3.10. The lowest BCUT2D eigenvalue weighted by molar-refractivity contribution is 0.461. The van der Waals surface area contributed by atoms with Gasteiger partial charge in [-0.3, -0.25) is 0 Å². The standard InChI is InChI=1S/C18H11Cl5N2O2/c19-9-2-1-8(26-12-5-3-10(20)17(24)15(12)22)7-14(9)27-13-6-4-11(21)18(25)16(13)23/h1-7H,24-25H2. The summed E-state index contributed by atoms with van der Waals surface area (Å²) in [6.45, 7) is 0. The molecule has 0 fully saturated rings. The second-order valence-corrected chi connectivity index (χ2v) is 7.32. The SMILES string of the molecule is Nc1c(Cl)ccc(Oc2ccc(Cl)c(Oc3ccc(Cl)c(N)c3Cl)c2)c1Cl. The van der Waals surface area contributed by atoms with E-state index in [-0.39, 0.29) is 21.4 Å². The number of hydrogen-bond acceptors (Lipinski definition) is 4. The zero-order valence-corrected chi connectivity index (χ0v) is 17.2. The van der Waals surface area contributed by atoms with Gasteiger partial charge >= 0.3 is 0 Å². The summed E-state index contributed by atoms with van der Waals surface area (Å²) in [4.78, 5) is 0. The van der Waals surface area contributed by atoms with E-state index in [1.165, 1.54) is 0 Å². The van der Waals surface area contributed by atoms with Crippen LogP contribution in [0.2, 0.25) is 25.1 Å². The van der Waals surface area contributed by atoms with E-state index in [1.807, 2.05) is 0 Å². The van der Waals surface area contributed by atoms with E-state index < -0.39 is 0 Å². The van der Waals surface area contributed by atoms with Crippen LogP contribution in [-0.2, 0) is 0 Å². The Bertz CT molecular complexity index is 1030. The summed E-state index contributed by atoms with van der Waals surface area (Å²) in [5, 5.41) is 1.38. The molecule has 0 aromatic heterocycles. The van der Waals surface area contributed by atoms with Crippen LogP contribution in [0.3, 0.4) is 0 Å². The van der Waals surface area contributed by atoms with Crippen molar-refractivity contribution in [3.05, 3.63) is 67.6 Å². The number of benzene rings is 3. The third-order valence-corrected chi connectivity index (χ3v) is 5.28. The van der Waals surface area contributed by atoms with Gasteiger partial charge in [-0.25, -0.2) is 0 Å². The first kappa shape index (κ1) is 20.1. The van der Waals surface area contributed by atoms with Gasteiger partial charge in [-0.2, -0.15) is 0 Å². The highest BCUT2D eigenvalue weighted by Crippen LogP contribution is 2.42. The van der Waals surface area contributed by atoms with E-state index >= 15 is 0 Å². The van der Waals surface area contributed by atoms with E-state index in [0.717, 1.165) is 0 Å². The summed E-state index contributed by atoms with van der Waals surface area (Å²) in [6.07, 6.45) is 0. The number of rotatable bonds is 4. The van der Waals surface area contributed by atoms with E-state index in [2.05, 4.69) is 0 Å². The van der Waals surface area contributed by atoms with Crippen molar-refractivity contribution in [1.82, 2.24) is 0 Å². The lowest BCUT2D eigenvalue weighted by atomic mass is 10.2. The van der Waals surface area contributed by atoms with Crippen molar-refractivity contribution in [3.8, 4) is 23.0 Å². The lowest BCUT2D eigenvalue weighted by Crippen LogP contribution is -1.94. The molecule has 0 saturated heterocycles. The molecule has 3 aromatic rings. The maximum atomic E-state index is 6.21. The first-order chi connectivity index (χ1) is 12.8. The monoisotopic (exact) mass is 462 g/mol. The van der Waals surface area contributed by atoms with Gasteiger partial charge in [0, 0.05) is 6.07 Å². The summed E-state index contributed by atoms with van der Waals surface area (Å²) in [7, 11) is 0. The van der Waals surface area contributed by atoms with Crippen LogP contribution in [0.1, 0.15) is 0 Å². The van der Waals surface area contributed by atoms with Gasteiger partial charge in [0.05, 0.1) is 26.4 Å². The van der Waals surface area contributed by atoms with Crippen molar-refractivity contribution < 1.29 is 9.47 Å². The van der Waals surface area contributed by atoms with E-state index in [9.17, 15) is 0 Å². The van der Waals surface area contributed by atoms with Gasteiger partial charge in [0.25, 0.3) is 0 Å². The fourth-order valence-electron chi connectivity index (χ4n) is 2.13. The molecule has 4 N–H and O–H groups in total. The van der Waals surface area contributed by atoms with Crippen molar-refractivity contribution in [3.63, 3.8) is 0 Å². The highest BCUT2D eigenvalue weighted by molar-refractivity contribution is 6.40. The third-order valence-electron chi connectivity index (χ3n) is 3.53. The average Bonchev–Trinajstić information content (AvgIpc) is 2.65. The minimum absolute atomic E-state index is 0.179. The molecule has 9 heteroatoms. The average molecular weight is 465 g/mol. The molecule has 0 spiro atoms. The molecule has 140 valence electrons. The first-order valence-electron chi connectivity index (χ1n) is 7.40. The van der Waals surface area contributed by atoms with Crippen LogP contribution in [0.5, 0.6) is 23.0 Å². The lowest BCUT2D eigenvalue weighted by Gasteiger charge is -2.14. The van der Waals surface area contributed by atoms with Crippen LogP contribution < -0.4 is 20.9 Å².